The predicted molar refractivity (Wildman–Crippen MR) is 124 cm³/mol. The fraction of sp³-hybridized carbons (Fsp3) is 0.120. The molecule has 2 heterocycles. The number of anilines is 4. The molecule has 4 N–H and O–H groups in total. The van der Waals surface area contributed by atoms with Gasteiger partial charge in [0.05, 0.1) is 11.6 Å². The minimum absolute atomic E-state index is 0.458. The van der Waals surface area contributed by atoms with Gasteiger partial charge >= 0.3 is 11.6 Å². The summed E-state index contributed by atoms with van der Waals surface area (Å²) in [6.45, 7) is 0. The van der Waals surface area contributed by atoms with E-state index in [0.29, 0.717) is 28.9 Å². The molecule has 0 unspecified atom stereocenters. The molecule has 0 spiro atoms. The number of imidazole rings is 1. The normalized spacial score (nSPS) is 13.2. The molecule has 6 rings (SSSR count). The molecule has 7 heteroatoms. The minimum atomic E-state index is 0.458. The zero-order valence-electron chi connectivity index (χ0n) is 17.2. The van der Waals surface area contributed by atoms with Crippen LogP contribution in [-0.2, 0) is 0 Å². The average molecular weight is 418 g/mol. The lowest BCUT2D eigenvalue weighted by Crippen LogP contribution is -2.06. The van der Waals surface area contributed by atoms with E-state index in [2.05, 4.69) is 68.1 Å². The molecule has 7 nitrogen and oxygen atoms in total. The molecule has 32 heavy (non-hydrogen) atoms. The molecule has 2 aromatic heterocycles. The number of nitrogens with one attached hydrogen (secondary N) is 4. The van der Waals surface area contributed by atoms with E-state index in [1.807, 2.05) is 12.1 Å². The largest absolute Gasteiger partial charge is 0.336 e. The number of nitriles is 1. The third-order valence-corrected chi connectivity index (χ3v) is 5.83. The zero-order valence-corrected chi connectivity index (χ0v) is 17.2. The summed E-state index contributed by atoms with van der Waals surface area (Å²) in [5.74, 6) is 1.82. The number of benzene rings is 3. The Morgan fingerprint density at radius 3 is 2.53 bits per heavy atom. The quantitative estimate of drug-likeness (QED) is 0.366. The maximum Gasteiger partial charge on any atom is 0.307 e. The van der Waals surface area contributed by atoms with E-state index < -0.39 is 0 Å². The van der Waals surface area contributed by atoms with Crippen LogP contribution in [0.5, 0.6) is 0 Å². The van der Waals surface area contributed by atoms with Crippen molar-refractivity contribution in [2.45, 2.75) is 18.8 Å². The van der Waals surface area contributed by atoms with Crippen molar-refractivity contribution in [2.75, 3.05) is 10.6 Å². The Morgan fingerprint density at radius 1 is 0.938 bits per heavy atom. The molecule has 1 fully saturated rings. The van der Waals surface area contributed by atoms with Gasteiger partial charge in [-0.25, -0.2) is 4.98 Å². The first-order valence-corrected chi connectivity index (χ1v) is 10.6. The highest BCUT2D eigenvalue weighted by Gasteiger charge is 2.26. The minimum Gasteiger partial charge on any atom is -0.336 e. The predicted octanol–water partition coefficient (Wildman–Crippen LogP) is 5.16. The second-order valence-corrected chi connectivity index (χ2v) is 8.01. The van der Waals surface area contributed by atoms with Crippen LogP contribution in [0.2, 0.25) is 0 Å². The number of nitrogens with zero attached hydrogens (tertiary/aromatic N) is 3. The molecule has 1 saturated carbocycles. The first-order chi connectivity index (χ1) is 15.8. The smallest absolute Gasteiger partial charge is 0.307 e. The Hall–Kier alpha value is -4.44. The fourth-order valence-electron chi connectivity index (χ4n) is 4.09. The van der Waals surface area contributed by atoms with E-state index in [1.165, 1.54) is 29.2 Å². The van der Waals surface area contributed by atoms with Gasteiger partial charge < -0.3 is 10.6 Å². The maximum atomic E-state index is 9.00. The maximum absolute atomic E-state index is 9.00. The van der Waals surface area contributed by atoms with E-state index >= 15 is 0 Å². The van der Waals surface area contributed by atoms with Gasteiger partial charge in [0.2, 0.25) is 5.52 Å². The summed E-state index contributed by atoms with van der Waals surface area (Å²) in [5.41, 5.74) is 5.33. The number of hydrogen-bond acceptors (Lipinski definition) is 5. The highest BCUT2D eigenvalue weighted by Crippen LogP contribution is 2.44. The molecule has 3 aromatic carbocycles. The van der Waals surface area contributed by atoms with E-state index in [4.69, 9.17) is 10.2 Å². The zero-order chi connectivity index (χ0) is 21.5. The Balaban J connectivity index is 1.39. The number of aromatic amines is 2. The first kappa shape index (κ1) is 18.3. The number of aromatic nitrogens is 4. The third kappa shape index (κ3) is 3.28. The van der Waals surface area contributed by atoms with Crippen molar-refractivity contribution in [2.24, 2.45) is 0 Å². The van der Waals surface area contributed by atoms with Crippen LogP contribution >= 0.6 is 0 Å². The molecule has 0 radical (unpaired) electrons. The van der Waals surface area contributed by atoms with Gasteiger partial charge in [0.25, 0.3) is 0 Å². The van der Waals surface area contributed by atoms with E-state index in [1.54, 1.807) is 18.5 Å². The fourth-order valence-corrected chi connectivity index (χ4v) is 4.09. The van der Waals surface area contributed by atoms with Crippen molar-refractivity contribution in [1.82, 2.24) is 15.0 Å². The summed E-state index contributed by atoms with van der Waals surface area (Å²) in [5, 5.41) is 18.2. The SMILES string of the molecule is N#Cc1ccc(Nc2nc(Nc3ccc(C4CC4)c4ccccc34)c3[nH]c[nH+]c3n2)cc1. The third-order valence-electron chi connectivity index (χ3n) is 5.83. The average Bonchev–Trinajstić information content (AvgIpc) is 3.56. The molecular weight excluding hydrogens is 398 g/mol. The summed E-state index contributed by atoms with van der Waals surface area (Å²) >= 11 is 0. The van der Waals surface area contributed by atoms with Crippen molar-refractivity contribution >= 4 is 45.1 Å². The second-order valence-electron chi connectivity index (χ2n) is 8.01. The van der Waals surface area contributed by atoms with Gasteiger partial charge in [-0.2, -0.15) is 10.2 Å². The first-order valence-electron chi connectivity index (χ1n) is 10.6. The van der Waals surface area contributed by atoms with Crippen LogP contribution in [0.25, 0.3) is 21.9 Å². The summed E-state index contributed by atoms with van der Waals surface area (Å²) in [4.78, 5) is 15.6. The lowest BCUT2D eigenvalue weighted by Gasteiger charge is -2.12. The van der Waals surface area contributed by atoms with Crippen LogP contribution < -0.4 is 15.6 Å². The van der Waals surface area contributed by atoms with Gasteiger partial charge in [0, 0.05) is 16.8 Å². The molecule has 1 aliphatic rings. The summed E-state index contributed by atoms with van der Waals surface area (Å²) in [7, 11) is 0. The molecule has 1 aliphatic carbocycles. The molecule has 0 saturated heterocycles. The number of rotatable bonds is 5. The molecule has 0 aliphatic heterocycles. The van der Waals surface area contributed by atoms with Gasteiger partial charge in [-0.1, -0.05) is 35.3 Å². The van der Waals surface area contributed by atoms with Crippen molar-refractivity contribution < 1.29 is 4.98 Å². The van der Waals surface area contributed by atoms with Crippen LogP contribution in [0, 0.1) is 11.3 Å². The lowest BCUT2D eigenvalue weighted by atomic mass is 9.99. The van der Waals surface area contributed by atoms with Crippen molar-refractivity contribution in [3.05, 3.63) is 78.1 Å². The topological polar surface area (TPSA) is 104 Å². The lowest BCUT2D eigenvalue weighted by molar-refractivity contribution is -0.347. The van der Waals surface area contributed by atoms with Crippen molar-refractivity contribution in [1.29, 1.82) is 5.26 Å². The van der Waals surface area contributed by atoms with Gasteiger partial charge in [-0.05, 0) is 60.0 Å². The number of fused-ring (bicyclic) bond motifs is 2. The summed E-state index contributed by atoms with van der Waals surface area (Å²) < 4.78 is 0. The molecule has 5 aromatic rings. The van der Waals surface area contributed by atoms with Crippen molar-refractivity contribution in [3.8, 4) is 6.07 Å². The number of hydrogen-bond donors (Lipinski definition) is 3. The highest BCUT2D eigenvalue weighted by molar-refractivity contribution is 5.99. The van der Waals surface area contributed by atoms with Crippen LogP contribution in [-0.4, -0.2) is 15.0 Å². The van der Waals surface area contributed by atoms with E-state index in [9.17, 15) is 0 Å². The van der Waals surface area contributed by atoms with Gasteiger partial charge in [-0.15, -0.1) is 0 Å². The monoisotopic (exact) mass is 418 g/mol. The highest BCUT2D eigenvalue weighted by atomic mass is 15.2. The molecular formula is C25H20N7+. The van der Waals surface area contributed by atoms with Gasteiger partial charge in [0.15, 0.2) is 12.1 Å². The van der Waals surface area contributed by atoms with E-state index in [-0.39, 0.29) is 0 Å². The summed E-state index contributed by atoms with van der Waals surface area (Å²) in [6.07, 6.45) is 4.28. The molecule has 154 valence electrons. The molecule has 0 atom stereocenters. The Bertz CT molecular complexity index is 1490. The van der Waals surface area contributed by atoms with Crippen molar-refractivity contribution in [3.63, 3.8) is 0 Å². The number of H-pyrrole nitrogens is 2. The van der Waals surface area contributed by atoms with Crippen LogP contribution in [0.1, 0.15) is 29.9 Å². The summed E-state index contributed by atoms with van der Waals surface area (Å²) in [6, 6.07) is 22.2. The Kier molecular flexibility index (Phi) is 4.22. The molecule has 0 bridgehead atoms. The van der Waals surface area contributed by atoms with Crippen LogP contribution in [0.3, 0.4) is 0 Å². The van der Waals surface area contributed by atoms with Crippen LogP contribution in [0.15, 0.2) is 67.0 Å². The standard InChI is InChI=1S/C25H19N7/c26-13-15-5-9-17(10-6-15)29-25-31-23-22(27-14-28-23)24(32-25)30-21-12-11-18(16-7-8-16)19-3-1-2-4-20(19)21/h1-6,9-12,14,16H,7-8H2,(H3,27,28,29,30,31,32)/p+1. The Labute approximate surface area is 184 Å². The van der Waals surface area contributed by atoms with Crippen LogP contribution in [0.4, 0.5) is 23.1 Å². The van der Waals surface area contributed by atoms with Gasteiger partial charge in [-0.3, -0.25) is 4.98 Å². The van der Waals surface area contributed by atoms with Gasteiger partial charge in [0.1, 0.15) is 0 Å². The van der Waals surface area contributed by atoms with E-state index in [0.717, 1.165) is 16.9 Å². The Morgan fingerprint density at radius 2 is 1.75 bits per heavy atom. The second kappa shape index (κ2) is 7.36. The molecule has 0 amide bonds.